The lowest BCUT2D eigenvalue weighted by Crippen LogP contribution is -2.41. The van der Waals surface area contributed by atoms with Gasteiger partial charge in [0.1, 0.15) is 16.4 Å². The Labute approximate surface area is 151 Å². The number of methoxy groups -OCH3 is 1. The quantitative estimate of drug-likeness (QED) is 0.828. The summed E-state index contributed by atoms with van der Waals surface area (Å²) < 4.78 is 47.9. The predicted octanol–water partition coefficient (Wildman–Crippen LogP) is 1.84. The van der Waals surface area contributed by atoms with Crippen molar-refractivity contribution >= 4 is 21.6 Å². The number of halogens is 1. The Morgan fingerprint density at radius 2 is 2.04 bits per heavy atom. The third kappa shape index (κ3) is 3.58. The Morgan fingerprint density at radius 1 is 1.27 bits per heavy atom. The summed E-state index contributed by atoms with van der Waals surface area (Å²) >= 11 is 0. The van der Waals surface area contributed by atoms with Crippen LogP contribution in [-0.4, -0.2) is 50.6 Å². The highest BCUT2D eigenvalue weighted by molar-refractivity contribution is 7.92. The lowest BCUT2D eigenvalue weighted by Gasteiger charge is -2.27. The van der Waals surface area contributed by atoms with Gasteiger partial charge in [0, 0.05) is 32.9 Å². The second-order valence-electron chi connectivity index (χ2n) is 6.13. The molecule has 1 aromatic carbocycles. The molecular formula is C17H20FN3O4S. The molecule has 26 heavy (non-hydrogen) atoms. The summed E-state index contributed by atoms with van der Waals surface area (Å²) in [6, 6.07) is 5.55. The SMILES string of the molecule is COCCN1CCn2cc(S(=O)(=O)Nc3ccc(C)cc3F)cc2C1=O. The smallest absolute Gasteiger partial charge is 0.270 e. The molecule has 1 aliphatic rings. The average Bonchev–Trinajstić information content (AvgIpc) is 3.03. The number of hydrogen-bond acceptors (Lipinski definition) is 4. The van der Waals surface area contributed by atoms with E-state index in [1.54, 1.807) is 29.6 Å². The van der Waals surface area contributed by atoms with Gasteiger partial charge < -0.3 is 14.2 Å². The van der Waals surface area contributed by atoms with Gasteiger partial charge in [-0.25, -0.2) is 12.8 Å². The fraction of sp³-hybridized carbons (Fsp3) is 0.353. The number of anilines is 1. The van der Waals surface area contributed by atoms with Crippen molar-refractivity contribution in [2.75, 3.05) is 31.5 Å². The molecule has 0 spiro atoms. The molecule has 7 nitrogen and oxygen atoms in total. The van der Waals surface area contributed by atoms with E-state index >= 15 is 0 Å². The zero-order chi connectivity index (χ0) is 18.9. The molecule has 140 valence electrons. The van der Waals surface area contributed by atoms with Crippen LogP contribution < -0.4 is 4.72 Å². The minimum Gasteiger partial charge on any atom is -0.383 e. The first-order valence-corrected chi connectivity index (χ1v) is 9.57. The molecule has 0 fully saturated rings. The molecule has 3 rings (SSSR count). The van der Waals surface area contributed by atoms with Crippen molar-refractivity contribution in [3.8, 4) is 0 Å². The molecule has 0 saturated carbocycles. The number of nitrogens with zero attached hydrogens (tertiary/aromatic N) is 2. The van der Waals surface area contributed by atoms with Gasteiger partial charge in [-0.05, 0) is 30.7 Å². The lowest BCUT2D eigenvalue weighted by molar-refractivity contribution is 0.0641. The second kappa shape index (κ2) is 7.08. The number of aromatic nitrogens is 1. The van der Waals surface area contributed by atoms with Crippen molar-refractivity contribution in [1.29, 1.82) is 0 Å². The van der Waals surface area contributed by atoms with Crippen molar-refractivity contribution in [3.63, 3.8) is 0 Å². The van der Waals surface area contributed by atoms with Gasteiger partial charge in [-0.2, -0.15) is 0 Å². The Morgan fingerprint density at radius 3 is 2.73 bits per heavy atom. The molecule has 1 aliphatic heterocycles. The molecule has 2 aromatic rings. The number of fused-ring (bicyclic) bond motifs is 1. The number of carbonyl (C=O) groups excluding carboxylic acids is 1. The van der Waals surface area contributed by atoms with E-state index in [1.807, 2.05) is 0 Å². The zero-order valence-electron chi connectivity index (χ0n) is 14.5. The Balaban J connectivity index is 1.85. The van der Waals surface area contributed by atoms with E-state index in [-0.39, 0.29) is 22.2 Å². The number of sulfonamides is 1. The number of amides is 1. The van der Waals surface area contributed by atoms with Gasteiger partial charge in [0.15, 0.2) is 0 Å². The van der Waals surface area contributed by atoms with Crippen LogP contribution >= 0.6 is 0 Å². The highest BCUT2D eigenvalue weighted by Gasteiger charge is 2.28. The van der Waals surface area contributed by atoms with Gasteiger partial charge in [0.25, 0.3) is 15.9 Å². The van der Waals surface area contributed by atoms with Gasteiger partial charge in [-0.3, -0.25) is 9.52 Å². The standard InChI is InChI=1S/C17H20FN3O4S/c1-12-3-4-15(14(18)9-12)19-26(23,24)13-10-16-17(22)20(7-8-25-2)5-6-21(16)11-13/h3-4,9-11,19H,5-8H2,1-2H3. The molecule has 2 heterocycles. The van der Waals surface area contributed by atoms with Crippen LogP contribution in [-0.2, 0) is 21.3 Å². The summed E-state index contributed by atoms with van der Waals surface area (Å²) in [5.41, 5.74) is 0.844. The monoisotopic (exact) mass is 381 g/mol. The first kappa shape index (κ1) is 18.4. The molecular weight excluding hydrogens is 361 g/mol. The van der Waals surface area contributed by atoms with Crippen molar-refractivity contribution in [3.05, 3.63) is 47.5 Å². The number of benzene rings is 1. The topological polar surface area (TPSA) is 80.6 Å². The minimum atomic E-state index is -4.01. The molecule has 0 saturated heterocycles. The van der Waals surface area contributed by atoms with Crippen LogP contribution in [0.25, 0.3) is 0 Å². The van der Waals surface area contributed by atoms with Crippen LogP contribution in [0.3, 0.4) is 0 Å². The molecule has 0 unspecified atom stereocenters. The Bertz CT molecular complexity index is 939. The predicted molar refractivity (Wildman–Crippen MR) is 94.2 cm³/mol. The first-order valence-electron chi connectivity index (χ1n) is 8.09. The average molecular weight is 381 g/mol. The van der Waals surface area contributed by atoms with Gasteiger partial charge in [-0.15, -0.1) is 0 Å². The van der Waals surface area contributed by atoms with E-state index in [0.29, 0.717) is 31.8 Å². The molecule has 0 atom stereocenters. The number of nitrogens with one attached hydrogen (secondary N) is 1. The lowest BCUT2D eigenvalue weighted by atomic mass is 10.2. The van der Waals surface area contributed by atoms with Crippen molar-refractivity contribution in [2.24, 2.45) is 0 Å². The molecule has 0 aliphatic carbocycles. The molecule has 0 bridgehead atoms. The third-order valence-corrected chi connectivity index (χ3v) is 5.57. The summed E-state index contributed by atoms with van der Waals surface area (Å²) in [6.45, 7) is 3.52. The highest BCUT2D eigenvalue weighted by Crippen LogP contribution is 2.24. The Hall–Kier alpha value is -2.39. The van der Waals surface area contributed by atoms with E-state index in [4.69, 9.17) is 4.74 Å². The summed E-state index contributed by atoms with van der Waals surface area (Å²) in [7, 11) is -2.45. The zero-order valence-corrected chi connectivity index (χ0v) is 15.3. The number of aryl methyl sites for hydroxylation is 1. The first-order chi connectivity index (χ1) is 12.3. The summed E-state index contributed by atoms with van der Waals surface area (Å²) in [5.74, 6) is -0.907. The fourth-order valence-electron chi connectivity index (χ4n) is 2.81. The van der Waals surface area contributed by atoms with Crippen LogP contribution in [0.1, 0.15) is 16.1 Å². The highest BCUT2D eigenvalue weighted by atomic mass is 32.2. The largest absolute Gasteiger partial charge is 0.383 e. The summed E-state index contributed by atoms with van der Waals surface area (Å²) in [6.07, 6.45) is 1.40. The minimum absolute atomic E-state index is 0.0746. The number of ether oxygens (including phenoxy) is 1. The van der Waals surface area contributed by atoms with Crippen molar-refractivity contribution in [1.82, 2.24) is 9.47 Å². The second-order valence-corrected chi connectivity index (χ2v) is 7.81. The maximum atomic E-state index is 14.0. The van der Waals surface area contributed by atoms with Gasteiger partial charge in [0.05, 0.1) is 12.3 Å². The van der Waals surface area contributed by atoms with E-state index in [0.717, 1.165) is 0 Å². The van der Waals surface area contributed by atoms with Crippen LogP contribution in [0.15, 0.2) is 35.4 Å². The Kier molecular flexibility index (Phi) is 5.01. The van der Waals surface area contributed by atoms with Crippen LogP contribution in [0.4, 0.5) is 10.1 Å². The van der Waals surface area contributed by atoms with E-state index in [2.05, 4.69) is 4.72 Å². The van der Waals surface area contributed by atoms with E-state index < -0.39 is 15.8 Å². The van der Waals surface area contributed by atoms with Crippen LogP contribution in [0, 0.1) is 12.7 Å². The maximum absolute atomic E-state index is 14.0. The van der Waals surface area contributed by atoms with Crippen LogP contribution in [0.5, 0.6) is 0 Å². The number of rotatable bonds is 6. The summed E-state index contributed by atoms with van der Waals surface area (Å²) in [5, 5.41) is 0. The number of carbonyl (C=O) groups is 1. The van der Waals surface area contributed by atoms with Gasteiger partial charge in [-0.1, -0.05) is 6.07 Å². The van der Waals surface area contributed by atoms with Crippen molar-refractivity contribution in [2.45, 2.75) is 18.4 Å². The third-order valence-electron chi connectivity index (χ3n) is 4.23. The molecule has 0 radical (unpaired) electrons. The van der Waals surface area contributed by atoms with Crippen LogP contribution in [0.2, 0.25) is 0 Å². The fourth-order valence-corrected chi connectivity index (χ4v) is 3.91. The van der Waals surface area contributed by atoms with Crippen molar-refractivity contribution < 1.29 is 22.3 Å². The van der Waals surface area contributed by atoms with E-state index in [1.165, 1.54) is 24.4 Å². The molecule has 1 amide bonds. The summed E-state index contributed by atoms with van der Waals surface area (Å²) in [4.78, 5) is 14.0. The van der Waals surface area contributed by atoms with Gasteiger partial charge in [0.2, 0.25) is 0 Å². The molecule has 1 N–H and O–H groups in total. The van der Waals surface area contributed by atoms with E-state index in [9.17, 15) is 17.6 Å². The molecule has 1 aromatic heterocycles. The number of hydrogen-bond donors (Lipinski definition) is 1. The maximum Gasteiger partial charge on any atom is 0.270 e. The normalized spacial score (nSPS) is 14.4. The van der Waals surface area contributed by atoms with Gasteiger partial charge >= 0.3 is 0 Å². The molecule has 9 heteroatoms.